The fraction of sp³-hybridized carbons (Fsp3) is 0.217. The van der Waals surface area contributed by atoms with Crippen molar-refractivity contribution in [1.29, 1.82) is 0 Å². The van der Waals surface area contributed by atoms with Crippen LogP contribution in [-0.2, 0) is 28.1 Å². The van der Waals surface area contributed by atoms with Gasteiger partial charge in [0, 0.05) is 36.3 Å². The second kappa shape index (κ2) is 8.51. The standard InChI is InChI=1S/C23H23N3O5S/c1-26-13-17(12-25-26)16-5-7-22-18(11-16)19(14-32(22,28)29)23(27)24-9-8-15-4-6-20(30-2)21(10-15)31-3/h4-7,10-14H,8-9H2,1-3H3,(H,24,27). The highest BCUT2D eigenvalue weighted by molar-refractivity contribution is 7.95. The third-order valence-corrected chi connectivity index (χ3v) is 6.79. The molecular formula is C23H23N3O5S. The number of sulfone groups is 1. The number of ether oxygens (including phenoxy) is 2. The fourth-order valence-electron chi connectivity index (χ4n) is 3.65. The lowest BCUT2D eigenvalue weighted by Gasteiger charge is -2.11. The first-order chi connectivity index (χ1) is 15.3. The summed E-state index contributed by atoms with van der Waals surface area (Å²) in [5.74, 6) is 0.802. The van der Waals surface area contributed by atoms with E-state index in [1.807, 2.05) is 18.3 Å². The number of methoxy groups -OCH3 is 2. The zero-order valence-electron chi connectivity index (χ0n) is 18.0. The summed E-state index contributed by atoms with van der Waals surface area (Å²) in [7, 11) is 1.27. The third kappa shape index (κ3) is 4.11. The number of carbonyl (C=O) groups is 1. The van der Waals surface area contributed by atoms with Crippen LogP contribution in [0.1, 0.15) is 11.1 Å². The lowest BCUT2D eigenvalue weighted by molar-refractivity contribution is -0.115. The number of hydrogen-bond donors (Lipinski definition) is 1. The van der Waals surface area contributed by atoms with E-state index in [9.17, 15) is 13.2 Å². The Morgan fingerprint density at radius 1 is 1.06 bits per heavy atom. The van der Waals surface area contributed by atoms with Crippen LogP contribution in [0.4, 0.5) is 0 Å². The Kier molecular flexibility index (Phi) is 5.75. The van der Waals surface area contributed by atoms with E-state index in [4.69, 9.17) is 9.47 Å². The molecule has 166 valence electrons. The maximum Gasteiger partial charge on any atom is 0.252 e. The molecule has 0 fully saturated rings. The minimum absolute atomic E-state index is 0.134. The highest BCUT2D eigenvalue weighted by Crippen LogP contribution is 2.36. The number of hydrogen-bond acceptors (Lipinski definition) is 6. The summed E-state index contributed by atoms with van der Waals surface area (Å²) in [5.41, 5.74) is 3.12. The molecule has 9 heteroatoms. The second-order valence-electron chi connectivity index (χ2n) is 7.39. The van der Waals surface area contributed by atoms with Crippen molar-refractivity contribution in [3.8, 4) is 22.6 Å². The van der Waals surface area contributed by atoms with Gasteiger partial charge in [0.05, 0.1) is 30.9 Å². The van der Waals surface area contributed by atoms with Gasteiger partial charge in [0.15, 0.2) is 11.5 Å². The number of nitrogens with one attached hydrogen (secondary N) is 1. The lowest BCUT2D eigenvalue weighted by Crippen LogP contribution is -2.26. The van der Waals surface area contributed by atoms with Crippen molar-refractivity contribution in [3.63, 3.8) is 0 Å². The minimum Gasteiger partial charge on any atom is -0.493 e. The zero-order chi connectivity index (χ0) is 22.9. The van der Waals surface area contributed by atoms with Crippen molar-refractivity contribution in [1.82, 2.24) is 15.1 Å². The van der Waals surface area contributed by atoms with E-state index < -0.39 is 15.7 Å². The SMILES string of the molecule is COc1ccc(CCNC(=O)C2=CS(=O)(=O)c3ccc(-c4cnn(C)c4)cc32)cc1OC. The molecule has 3 aromatic rings. The highest BCUT2D eigenvalue weighted by Gasteiger charge is 2.31. The molecule has 2 heterocycles. The number of aryl methyl sites for hydroxylation is 1. The molecule has 0 spiro atoms. The van der Waals surface area contributed by atoms with Crippen molar-refractivity contribution < 1.29 is 22.7 Å². The molecule has 0 radical (unpaired) electrons. The van der Waals surface area contributed by atoms with Gasteiger partial charge < -0.3 is 14.8 Å². The molecule has 0 aliphatic carbocycles. The summed E-state index contributed by atoms with van der Waals surface area (Å²) >= 11 is 0. The largest absolute Gasteiger partial charge is 0.493 e. The van der Waals surface area contributed by atoms with Gasteiger partial charge in [-0.05, 0) is 41.8 Å². The molecule has 1 aromatic heterocycles. The normalized spacial score (nSPS) is 13.9. The molecule has 1 amide bonds. The van der Waals surface area contributed by atoms with Crippen LogP contribution in [0.25, 0.3) is 16.7 Å². The van der Waals surface area contributed by atoms with Gasteiger partial charge in [-0.25, -0.2) is 8.42 Å². The van der Waals surface area contributed by atoms with E-state index in [0.29, 0.717) is 30.0 Å². The van der Waals surface area contributed by atoms with Crippen molar-refractivity contribution in [2.24, 2.45) is 7.05 Å². The van der Waals surface area contributed by atoms with Gasteiger partial charge in [-0.15, -0.1) is 0 Å². The van der Waals surface area contributed by atoms with Crippen LogP contribution in [0.2, 0.25) is 0 Å². The van der Waals surface area contributed by atoms with Gasteiger partial charge in [0.2, 0.25) is 9.84 Å². The first kappa shape index (κ1) is 21.6. The number of benzene rings is 2. The predicted molar refractivity (Wildman–Crippen MR) is 120 cm³/mol. The van der Waals surface area contributed by atoms with Crippen LogP contribution in [0.15, 0.2) is 59.1 Å². The first-order valence-electron chi connectivity index (χ1n) is 9.91. The highest BCUT2D eigenvalue weighted by atomic mass is 32.2. The van der Waals surface area contributed by atoms with Crippen molar-refractivity contribution in [2.75, 3.05) is 20.8 Å². The zero-order valence-corrected chi connectivity index (χ0v) is 18.8. The Morgan fingerprint density at radius 2 is 1.84 bits per heavy atom. The van der Waals surface area contributed by atoms with Gasteiger partial charge in [0.25, 0.3) is 5.91 Å². The van der Waals surface area contributed by atoms with Crippen molar-refractivity contribution in [3.05, 3.63) is 65.3 Å². The lowest BCUT2D eigenvalue weighted by atomic mass is 10.0. The average molecular weight is 454 g/mol. The van der Waals surface area contributed by atoms with Gasteiger partial charge in [-0.3, -0.25) is 9.48 Å². The van der Waals surface area contributed by atoms with Crippen molar-refractivity contribution >= 4 is 21.3 Å². The molecule has 0 saturated heterocycles. The fourth-order valence-corrected chi connectivity index (χ4v) is 5.05. The molecule has 0 atom stereocenters. The quantitative estimate of drug-likeness (QED) is 0.590. The molecular weight excluding hydrogens is 430 g/mol. The average Bonchev–Trinajstić information content (AvgIpc) is 3.34. The topological polar surface area (TPSA) is 99.5 Å². The molecule has 4 rings (SSSR count). The number of carbonyl (C=O) groups excluding carboxylic acids is 1. The van der Waals surface area contributed by atoms with Crippen LogP contribution in [0.3, 0.4) is 0 Å². The van der Waals surface area contributed by atoms with E-state index in [-0.39, 0.29) is 10.5 Å². The van der Waals surface area contributed by atoms with E-state index in [2.05, 4.69) is 10.4 Å². The van der Waals surface area contributed by atoms with Crippen LogP contribution >= 0.6 is 0 Å². The molecule has 32 heavy (non-hydrogen) atoms. The maximum absolute atomic E-state index is 12.9. The Hall–Kier alpha value is -3.59. The Bertz CT molecular complexity index is 1330. The molecule has 0 saturated carbocycles. The predicted octanol–water partition coefficient (Wildman–Crippen LogP) is 2.59. The Morgan fingerprint density at radius 3 is 2.53 bits per heavy atom. The van der Waals surface area contributed by atoms with Gasteiger partial charge in [-0.2, -0.15) is 5.10 Å². The van der Waals surface area contributed by atoms with E-state index in [1.54, 1.807) is 50.3 Å². The molecule has 1 N–H and O–H groups in total. The molecule has 1 aliphatic rings. The van der Waals surface area contributed by atoms with Crippen LogP contribution < -0.4 is 14.8 Å². The monoisotopic (exact) mass is 453 g/mol. The molecule has 1 aliphatic heterocycles. The van der Waals surface area contributed by atoms with Crippen LogP contribution in [0.5, 0.6) is 11.5 Å². The molecule has 0 unspecified atom stereocenters. The van der Waals surface area contributed by atoms with E-state index in [0.717, 1.165) is 22.1 Å². The number of aromatic nitrogens is 2. The van der Waals surface area contributed by atoms with E-state index in [1.165, 1.54) is 6.07 Å². The number of fused-ring (bicyclic) bond motifs is 1. The number of amides is 1. The van der Waals surface area contributed by atoms with Gasteiger partial charge >= 0.3 is 0 Å². The summed E-state index contributed by atoms with van der Waals surface area (Å²) in [6, 6.07) is 10.5. The number of nitrogens with zero attached hydrogens (tertiary/aromatic N) is 2. The van der Waals surface area contributed by atoms with E-state index >= 15 is 0 Å². The smallest absolute Gasteiger partial charge is 0.252 e. The molecule has 0 bridgehead atoms. The van der Waals surface area contributed by atoms with Crippen molar-refractivity contribution in [2.45, 2.75) is 11.3 Å². The van der Waals surface area contributed by atoms with Gasteiger partial charge in [-0.1, -0.05) is 12.1 Å². The molecule has 2 aromatic carbocycles. The molecule has 8 nitrogen and oxygen atoms in total. The summed E-state index contributed by atoms with van der Waals surface area (Å²) in [6.07, 6.45) is 4.07. The maximum atomic E-state index is 12.9. The number of rotatable bonds is 7. The Balaban J connectivity index is 1.51. The summed E-state index contributed by atoms with van der Waals surface area (Å²) < 4.78 is 37.3. The summed E-state index contributed by atoms with van der Waals surface area (Å²) in [5, 5.41) is 8.01. The minimum atomic E-state index is -3.66. The van der Waals surface area contributed by atoms with Crippen LogP contribution in [0, 0.1) is 0 Å². The third-order valence-electron chi connectivity index (χ3n) is 5.28. The first-order valence-corrected chi connectivity index (χ1v) is 11.5. The summed E-state index contributed by atoms with van der Waals surface area (Å²) in [4.78, 5) is 13.0. The van der Waals surface area contributed by atoms with Gasteiger partial charge in [0.1, 0.15) is 0 Å². The second-order valence-corrected chi connectivity index (χ2v) is 9.15. The summed E-state index contributed by atoms with van der Waals surface area (Å²) in [6.45, 7) is 0.337. The Labute approximate surface area is 186 Å². The van der Waals surface area contributed by atoms with Crippen LogP contribution in [-0.4, -0.2) is 44.9 Å².